The van der Waals surface area contributed by atoms with E-state index in [9.17, 15) is 8.78 Å². The largest absolute Gasteiger partial charge is 0.370 e. The summed E-state index contributed by atoms with van der Waals surface area (Å²) in [5, 5.41) is 4.49. The first-order valence-electron chi connectivity index (χ1n) is 11.7. The van der Waals surface area contributed by atoms with Crippen molar-refractivity contribution in [1.82, 2.24) is 29.7 Å². The van der Waals surface area contributed by atoms with Crippen LogP contribution < -0.4 is 4.90 Å². The number of rotatable bonds is 4. The molecular formula is C23H27F2N7O. The minimum atomic E-state index is -1.47. The van der Waals surface area contributed by atoms with E-state index in [2.05, 4.69) is 26.2 Å². The van der Waals surface area contributed by atoms with Gasteiger partial charge in [0, 0.05) is 24.2 Å². The van der Waals surface area contributed by atoms with Crippen molar-refractivity contribution in [3.8, 4) is 0 Å². The van der Waals surface area contributed by atoms with Crippen LogP contribution >= 0.6 is 0 Å². The van der Waals surface area contributed by atoms with Crippen molar-refractivity contribution < 1.29 is 13.5 Å². The number of anilines is 1. The van der Waals surface area contributed by atoms with E-state index >= 15 is 0 Å². The van der Waals surface area contributed by atoms with Gasteiger partial charge in [-0.1, -0.05) is 0 Å². The van der Waals surface area contributed by atoms with Gasteiger partial charge in [-0.15, -0.1) is 0 Å². The molecule has 2 aliphatic carbocycles. The first-order valence-corrected chi connectivity index (χ1v) is 11.7. The van der Waals surface area contributed by atoms with Gasteiger partial charge in [0.15, 0.2) is 5.65 Å². The molecule has 0 radical (unpaired) electrons. The van der Waals surface area contributed by atoms with Crippen LogP contribution in [0, 0.1) is 13.8 Å². The molecule has 3 atom stereocenters. The zero-order valence-corrected chi connectivity index (χ0v) is 18.8. The molecule has 3 aromatic rings. The second-order valence-corrected chi connectivity index (χ2v) is 9.47. The topological polar surface area (TPSA) is 81.9 Å². The van der Waals surface area contributed by atoms with Crippen molar-refractivity contribution in [3.63, 3.8) is 0 Å². The molecular weight excluding hydrogens is 428 g/mol. The SMILES string of the molecule is Cc1nc2nc(N3CCOC(c4cnn(C5CC5)c4)C3)nc(C3CC(F)C(F)C3)c2nc1C. The molecule has 0 spiro atoms. The number of aryl methyl sites for hydroxylation is 2. The molecule has 10 heteroatoms. The van der Waals surface area contributed by atoms with Crippen molar-refractivity contribution in [2.45, 2.75) is 69.9 Å². The smallest absolute Gasteiger partial charge is 0.227 e. The van der Waals surface area contributed by atoms with Crippen LogP contribution in [0.2, 0.25) is 0 Å². The average molecular weight is 456 g/mol. The Morgan fingerprint density at radius 2 is 1.76 bits per heavy atom. The first-order chi connectivity index (χ1) is 16.0. The Morgan fingerprint density at radius 1 is 1.00 bits per heavy atom. The fourth-order valence-electron chi connectivity index (χ4n) is 4.80. The van der Waals surface area contributed by atoms with Gasteiger partial charge in [0.25, 0.3) is 0 Å². The van der Waals surface area contributed by atoms with Crippen LogP contribution in [-0.2, 0) is 4.74 Å². The Labute approximate surface area is 190 Å². The Hall–Kier alpha value is -2.75. The van der Waals surface area contributed by atoms with E-state index in [1.165, 1.54) is 12.8 Å². The zero-order chi connectivity index (χ0) is 22.7. The number of hydrogen-bond donors (Lipinski definition) is 0. The average Bonchev–Trinajstić information content (AvgIpc) is 3.44. The summed E-state index contributed by atoms with van der Waals surface area (Å²) in [5.41, 5.74) is 4.20. The van der Waals surface area contributed by atoms with Gasteiger partial charge >= 0.3 is 0 Å². The molecule has 8 nitrogen and oxygen atoms in total. The number of fused-ring (bicyclic) bond motifs is 1. The van der Waals surface area contributed by atoms with Gasteiger partial charge in [0.2, 0.25) is 5.95 Å². The van der Waals surface area contributed by atoms with Crippen LogP contribution in [0.1, 0.15) is 66.4 Å². The van der Waals surface area contributed by atoms with Gasteiger partial charge < -0.3 is 9.64 Å². The predicted molar refractivity (Wildman–Crippen MR) is 118 cm³/mol. The fourth-order valence-corrected chi connectivity index (χ4v) is 4.80. The van der Waals surface area contributed by atoms with E-state index in [1.807, 2.05) is 24.7 Å². The van der Waals surface area contributed by atoms with Gasteiger partial charge in [0.05, 0.1) is 42.5 Å². The molecule has 33 heavy (non-hydrogen) atoms. The highest BCUT2D eigenvalue weighted by Gasteiger charge is 2.38. The highest BCUT2D eigenvalue weighted by molar-refractivity contribution is 5.75. The Bertz CT molecular complexity index is 1190. The van der Waals surface area contributed by atoms with Crippen molar-refractivity contribution in [3.05, 3.63) is 35.0 Å². The molecule has 6 rings (SSSR count). The van der Waals surface area contributed by atoms with Crippen LogP contribution in [-0.4, -0.2) is 61.8 Å². The first kappa shape index (κ1) is 20.8. The molecule has 2 saturated carbocycles. The zero-order valence-electron chi connectivity index (χ0n) is 18.8. The minimum absolute atomic E-state index is 0.105. The molecule has 3 fully saturated rings. The quantitative estimate of drug-likeness (QED) is 0.593. The number of nitrogens with zero attached hydrogens (tertiary/aromatic N) is 7. The van der Waals surface area contributed by atoms with Crippen LogP contribution in [0.5, 0.6) is 0 Å². The molecule has 0 bridgehead atoms. The molecule has 1 aliphatic heterocycles. The summed E-state index contributed by atoms with van der Waals surface area (Å²) in [5.74, 6) is 0.167. The molecule has 0 amide bonds. The number of halogens is 2. The van der Waals surface area contributed by atoms with Gasteiger partial charge in [-0.3, -0.25) is 4.68 Å². The molecule has 3 aliphatic rings. The maximum Gasteiger partial charge on any atom is 0.227 e. The molecule has 3 unspecified atom stereocenters. The summed E-state index contributed by atoms with van der Waals surface area (Å²) in [7, 11) is 0. The lowest BCUT2D eigenvalue weighted by atomic mass is 10.0. The summed E-state index contributed by atoms with van der Waals surface area (Å²) < 4.78 is 36.2. The summed E-state index contributed by atoms with van der Waals surface area (Å²) >= 11 is 0. The van der Waals surface area contributed by atoms with E-state index in [1.54, 1.807) is 0 Å². The van der Waals surface area contributed by atoms with Crippen LogP contribution in [0.4, 0.5) is 14.7 Å². The van der Waals surface area contributed by atoms with Gasteiger partial charge in [-0.2, -0.15) is 10.1 Å². The fraction of sp³-hybridized carbons (Fsp3) is 0.609. The van der Waals surface area contributed by atoms with Gasteiger partial charge in [-0.05, 0) is 39.5 Å². The normalized spacial score (nSPS) is 28.1. The lowest BCUT2D eigenvalue weighted by molar-refractivity contribution is 0.0392. The van der Waals surface area contributed by atoms with Crippen molar-refractivity contribution in [2.24, 2.45) is 0 Å². The summed E-state index contributed by atoms with van der Waals surface area (Å²) in [6, 6.07) is 0.514. The van der Waals surface area contributed by atoms with Crippen LogP contribution in [0.15, 0.2) is 12.4 Å². The van der Waals surface area contributed by atoms with Crippen molar-refractivity contribution >= 4 is 17.1 Å². The van der Waals surface area contributed by atoms with Crippen LogP contribution in [0.25, 0.3) is 11.2 Å². The number of alkyl halides is 2. The second-order valence-electron chi connectivity index (χ2n) is 9.47. The van der Waals surface area contributed by atoms with E-state index in [0.29, 0.717) is 48.5 Å². The number of aromatic nitrogens is 6. The lowest BCUT2D eigenvalue weighted by Gasteiger charge is -2.33. The molecule has 1 saturated heterocycles. The van der Waals surface area contributed by atoms with Crippen molar-refractivity contribution in [2.75, 3.05) is 24.6 Å². The number of morpholine rings is 1. The summed E-state index contributed by atoms with van der Waals surface area (Å²) in [6.45, 7) is 5.48. The van der Waals surface area contributed by atoms with Crippen LogP contribution in [0.3, 0.4) is 0 Å². The minimum Gasteiger partial charge on any atom is -0.370 e. The Balaban J connectivity index is 1.35. The lowest BCUT2D eigenvalue weighted by Crippen LogP contribution is -2.39. The van der Waals surface area contributed by atoms with Gasteiger partial charge in [-0.25, -0.2) is 23.7 Å². The maximum absolute atomic E-state index is 14.1. The molecule has 174 valence electrons. The Morgan fingerprint density at radius 3 is 2.52 bits per heavy atom. The predicted octanol–water partition coefficient (Wildman–Crippen LogP) is 3.70. The second kappa shape index (κ2) is 7.93. The van der Waals surface area contributed by atoms with E-state index in [-0.39, 0.29) is 24.9 Å². The third kappa shape index (κ3) is 3.84. The maximum atomic E-state index is 14.1. The Kier molecular flexibility index (Phi) is 5.01. The van der Waals surface area contributed by atoms with E-state index < -0.39 is 12.3 Å². The molecule has 4 heterocycles. The summed E-state index contributed by atoms with van der Waals surface area (Å²) in [4.78, 5) is 20.9. The molecule has 0 aromatic carbocycles. The molecule has 3 aromatic heterocycles. The van der Waals surface area contributed by atoms with E-state index in [0.717, 1.165) is 17.0 Å². The highest BCUT2D eigenvalue weighted by atomic mass is 19.2. The molecule has 0 N–H and O–H groups in total. The summed E-state index contributed by atoms with van der Waals surface area (Å²) in [6.07, 6.45) is 3.41. The van der Waals surface area contributed by atoms with Crippen molar-refractivity contribution in [1.29, 1.82) is 0 Å². The van der Waals surface area contributed by atoms with E-state index in [4.69, 9.17) is 14.7 Å². The third-order valence-electron chi connectivity index (χ3n) is 7.02. The number of hydrogen-bond acceptors (Lipinski definition) is 7. The number of ether oxygens (including phenoxy) is 1. The monoisotopic (exact) mass is 455 g/mol. The van der Waals surface area contributed by atoms with Gasteiger partial charge in [0.1, 0.15) is 24.0 Å². The third-order valence-corrected chi connectivity index (χ3v) is 7.02. The highest BCUT2D eigenvalue weighted by Crippen LogP contribution is 2.40. The standard InChI is InChI=1S/C23H27F2N7O/c1-12-13(2)28-22-21(27-12)20(14-7-17(24)18(25)8-14)29-23(30-22)31-5-6-33-19(11-31)15-9-26-32(10-15)16-3-4-16/h9-10,14,16-19H,3-8,11H2,1-2H3.